The van der Waals surface area contributed by atoms with Gasteiger partial charge in [-0.25, -0.2) is 4.79 Å². The average Bonchev–Trinajstić information content (AvgIpc) is 2.51. The Balaban J connectivity index is 2.78. The van der Waals surface area contributed by atoms with E-state index in [0.29, 0.717) is 5.92 Å². The lowest BCUT2D eigenvalue weighted by atomic mass is 9.97. The van der Waals surface area contributed by atoms with Crippen molar-refractivity contribution >= 4 is 11.9 Å². The lowest BCUT2D eigenvalue weighted by Crippen LogP contribution is -2.52. The minimum absolute atomic E-state index is 0.0121. The van der Waals surface area contributed by atoms with Crippen LogP contribution in [0.15, 0.2) is 24.3 Å². The summed E-state index contributed by atoms with van der Waals surface area (Å²) < 4.78 is 0. The predicted octanol–water partition coefficient (Wildman–Crippen LogP) is 3.07. The number of hydrogen-bond donors (Lipinski definition) is 3. The van der Waals surface area contributed by atoms with Gasteiger partial charge in [-0.15, -0.1) is 0 Å². The van der Waals surface area contributed by atoms with Gasteiger partial charge in [0, 0.05) is 0 Å². The van der Waals surface area contributed by atoms with Crippen molar-refractivity contribution < 1.29 is 9.59 Å². The zero-order valence-electron chi connectivity index (χ0n) is 14.7. The Morgan fingerprint density at radius 1 is 1.00 bits per heavy atom. The molecule has 0 radical (unpaired) electrons. The van der Waals surface area contributed by atoms with Crippen LogP contribution >= 0.6 is 0 Å². The molecule has 0 aliphatic carbocycles. The monoisotopic (exact) mass is 319 g/mol. The van der Waals surface area contributed by atoms with E-state index in [9.17, 15) is 9.59 Å². The van der Waals surface area contributed by atoms with Gasteiger partial charge < -0.3 is 16.4 Å². The molecule has 1 rings (SSSR count). The van der Waals surface area contributed by atoms with Crippen LogP contribution in [-0.2, 0) is 4.79 Å². The van der Waals surface area contributed by atoms with Gasteiger partial charge in [-0.3, -0.25) is 4.79 Å². The first-order chi connectivity index (χ1) is 10.8. The maximum Gasteiger partial charge on any atom is 0.312 e. The maximum atomic E-state index is 12.5. The van der Waals surface area contributed by atoms with Crippen LogP contribution in [0.3, 0.4) is 0 Å². The molecule has 1 aromatic rings. The molecule has 0 saturated carbocycles. The highest BCUT2D eigenvalue weighted by atomic mass is 16.2. The van der Waals surface area contributed by atoms with Crippen LogP contribution in [0.5, 0.6) is 0 Å². The molecule has 0 aliphatic heterocycles. The smallest absolute Gasteiger partial charge is 0.312 e. The molecular weight excluding hydrogens is 290 g/mol. The topological polar surface area (TPSA) is 84.2 Å². The van der Waals surface area contributed by atoms with Gasteiger partial charge >= 0.3 is 6.03 Å². The first kappa shape index (κ1) is 19.0. The molecule has 1 aromatic carbocycles. The Morgan fingerprint density at radius 3 is 1.96 bits per heavy atom. The number of nitrogens with one attached hydrogen (secondary N) is 2. The number of hydrogen-bond acceptors (Lipinski definition) is 2. The van der Waals surface area contributed by atoms with Crippen LogP contribution in [0.4, 0.5) is 4.79 Å². The van der Waals surface area contributed by atoms with E-state index in [1.807, 2.05) is 32.9 Å². The van der Waals surface area contributed by atoms with Crippen molar-refractivity contribution in [2.24, 2.45) is 11.7 Å². The van der Waals surface area contributed by atoms with Gasteiger partial charge in [0.1, 0.15) is 6.04 Å². The van der Waals surface area contributed by atoms with Gasteiger partial charge in [0.15, 0.2) is 0 Å². The molecule has 3 amide bonds. The Bertz CT molecular complexity index is 526. The van der Waals surface area contributed by atoms with Crippen LogP contribution in [0.1, 0.15) is 64.1 Å². The molecule has 0 aliphatic rings. The third kappa shape index (κ3) is 5.58. The fraction of sp³-hybridized carbons (Fsp3) is 0.556. The first-order valence-electron chi connectivity index (χ1n) is 8.22. The molecule has 0 saturated heterocycles. The molecule has 0 fully saturated rings. The van der Waals surface area contributed by atoms with Crippen LogP contribution in [0.25, 0.3) is 0 Å². The Morgan fingerprint density at radius 2 is 1.52 bits per heavy atom. The van der Waals surface area contributed by atoms with Crippen molar-refractivity contribution in [3.63, 3.8) is 0 Å². The normalized spacial score (nSPS) is 14.9. The maximum absolute atomic E-state index is 12.5. The molecule has 0 bridgehead atoms. The summed E-state index contributed by atoms with van der Waals surface area (Å²) in [6.45, 7) is 10.1. The second kappa shape index (κ2) is 8.56. The zero-order valence-corrected chi connectivity index (χ0v) is 14.7. The fourth-order valence-corrected chi connectivity index (χ4v) is 2.41. The lowest BCUT2D eigenvalue weighted by Gasteiger charge is -2.25. The number of amides is 3. The second-order valence-electron chi connectivity index (χ2n) is 6.42. The third-order valence-corrected chi connectivity index (χ3v) is 4.26. The van der Waals surface area contributed by atoms with Crippen LogP contribution in [0.2, 0.25) is 0 Å². The number of benzene rings is 1. The Kier molecular flexibility index (Phi) is 7.07. The van der Waals surface area contributed by atoms with Gasteiger partial charge in [0.2, 0.25) is 5.91 Å². The van der Waals surface area contributed by atoms with E-state index >= 15 is 0 Å². The summed E-state index contributed by atoms with van der Waals surface area (Å²) in [6, 6.07) is 6.78. The quantitative estimate of drug-likeness (QED) is 0.721. The summed E-state index contributed by atoms with van der Waals surface area (Å²) in [5, 5.41) is 5.49. The lowest BCUT2D eigenvalue weighted by molar-refractivity contribution is -0.124. The van der Waals surface area contributed by atoms with E-state index in [4.69, 9.17) is 5.73 Å². The average molecular weight is 319 g/mol. The standard InChI is InChI=1S/C18H29N3O2/c1-6-12(4)16(21-18(19)23)17(22)20-13(5)15-9-7-14(8-10-15)11(2)3/h7-13,16H,6H2,1-5H3,(H,20,22)(H3,19,21,23). The van der Waals surface area contributed by atoms with Crippen molar-refractivity contribution in [3.8, 4) is 0 Å². The molecule has 3 atom stereocenters. The van der Waals surface area contributed by atoms with Gasteiger partial charge in [-0.1, -0.05) is 58.4 Å². The molecule has 128 valence electrons. The van der Waals surface area contributed by atoms with E-state index in [-0.39, 0.29) is 17.9 Å². The minimum Gasteiger partial charge on any atom is -0.352 e. The number of carbonyl (C=O) groups excluding carboxylic acids is 2. The fourth-order valence-electron chi connectivity index (χ4n) is 2.41. The second-order valence-corrected chi connectivity index (χ2v) is 6.42. The largest absolute Gasteiger partial charge is 0.352 e. The molecule has 4 N–H and O–H groups in total. The molecule has 23 heavy (non-hydrogen) atoms. The number of nitrogens with two attached hydrogens (primary N) is 1. The summed E-state index contributed by atoms with van der Waals surface area (Å²) in [5.41, 5.74) is 7.48. The number of urea groups is 1. The minimum atomic E-state index is -0.681. The third-order valence-electron chi connectivity index (χ3n) is 4.26. The molecule has 0 spiro atoms. The number of rotatable bonds is 7. The highest BCUT2D eigenvalue weighted by Gasteiger charge is 2.26. The first-order valence-corrected chi connectivity index (χ1v) is 8.22. The summed E-state index contributed by atoms with van der Waals surface area (Å²) >= 11 is 0. The molecule has 5 nitrogen and oxygen atoms in total. The SMILES string of the molecule is CCC(C)C(NC(N)=O)C(=O)NC(C)c1ccc(C(C)C)cc1. The highest BCUT2D eigenvalue weighted by molar-refractivity contribution is 5.87. The van der Waals surface area contributed by atoms with Crippen molar-refractivity contribution in [1.29, 1.82) is 0 Å². The van der Waals surface area contributed by atoms with E-state index in [1.165, 1.54) is 5.56 Å². The summed E-state index contributed by atoms with van der Waals surface area (Å²) in [5.74, 6) is 0.278. The van der Waals surface area contributed by atoms with Crippen molar-refractivity contribution in [3.05, 3.63) is 35.4 Å². The Labute approximate surface area is 139 Å². The summed E-state index contributed by atoms with van der Waals surface area (Å²) in [4.78, 5) is 23.6. The number of carbonyl (C=O) groups is 2. The molecule has 3 unspecified atom stereocenters. The van der Waals surface area contributed by atoms with Gasteiger partial charge in [0.25, 0.3) is 0 Å². The van der Waals surface area contributed by atoms with E-state index < -0.39 is 12.1 Å². The highest BCUT2D eigenvalue weighted by Crippen LogP contribution is 2.19. The van der Waals surface area contributed by atoms with E-state index in [2.05, 4.69) is 36.6 Å². The van der Waals surface area contributed by atoms with Gasteiger partial charge in [-0.05, 0) is 29.9 Å². The molecule has 0 heterocycles. The molecular formula is C18H29N3O2. The van der Waals surface area contributed by atoms with Crippen molar-refractivity contribution in [1.82, 2.24) is 10.6 Å². The van der Waals surface area contributed by atoms with Crippen molar-refractivity contribution in [2.75, 3.05) is 0 Å². The molecule has 0 aromatic heterocycles. The van der Waals surface area contributed by atoms with Crippen LogP contribution in [-0.4, -0.2) is 18.0 Å². The van der Waals surface area contributed by atoms with E-state index in [0.717, 1.165) is 12.0 Å². The summed E-state index contributed by atoms with van der Waals surface area (Å²) in [7, 11) is 0. The molecule has 5 heteroatoms. The summed E-state index contributed by atoms with van der Waals surface area (Å²) in [6.07, 6.45) is 0.774. The van der Waals surface area contributed by atoms with Crippen LogP contribution < -0.4 is 16.4 Å². The zero-order chi connectivity index (χ0) is 17.6. The predicted molar refractivity (Wildman–Crippen MR) is 93.1 cm³/mol. The van der Waals surface area contributed by atoms with Gasteiger partial charge in [-0.2, -0.15) is 0 Å². The Hall–Kier alpha value is -2.04. The number of primary amides is 1. The van der Waals surface area contributed by atoms with Gasteiger partial charge in [0.05, 0.1) is 6.04 Å². The van der Waals surface area contributed by atoms with Crippen LogP contribution in [0, 0.1) is 5.92 Å². The van der Waals surface area contributed by atoms with Crippen molar-refractivity contribution in [2.45, 2.75) is 59.0 Å². The van der Waals surface area contributed by atoms with E-state index in [1.54, 1.807) is 0 Å².